The molecule has 1 saturated carbocycles. The predicted molar refractivity (Wildman–Crippen MR) is 98.0 cm³/mol. The minimum absolute atomic E-state index is 0.130. The minimum Gasteiger partial charge on any atom is -0.495 e. The number of rotatable bonds is 5. The second-order valence-electron chi connectivity index (χ2n) is 5.90. The number of hydrogen-bond donors (Lipinski definition) is 2. The lowest BCUT2D eigenvalue weighted by Gasteiger charge is -2.10. The summed E-state index contributed by atoms with van der Waals surface area (Å²) in [5, 5.41) is 7.95. The Balaban J connectivity index is 1.74. The highest BCUT2D eigenvalue weighted by Gasteiger charge is 2.44. The van der Waals surface area contributed by atoms with Crippen LogP contribution in [0.1, 0.15) is 17.9 Å². The number of halogens is 1. The van der Waals surface area contributed by atoms with Crippen LogP contribution in [0.15, 0.2) is 51.8 Å². The fourth-order valence-corrected chi connectivity index (χ4v) is 3.94. The van der Waals surface area contributed by atoms with E-state index in [0.29, 0.717) is 5.69 Å². The molecular formula is C17H17BrN2O4S. The van der Waals surface area contributed by atoms with Crippen LogP contribution in [0.4, 0.5) is 5.69 Å². The molecule has 0 unspecified atom stereocenters. The number of benzene rings is 2. The summed E-state index contributed by atoms with van der Waals surface area (Å²) in [6.45, 7) is 0. The van der Waals surface area contributed by atoms with E-state index in [0.717, 1.165) is 16.5 Å². The van der Waals surface area contributed by atoms with Crippen LogP contribution in [0.2, 0.25) is 0 Å². The monoisotopic (exact) mass is 424 g/mol. The fraction of sp³-hybridized carbons (Fsp3) is 0.235. The number of amides is 1. The maximum absolute atomic E-state index is 12.4. The van der Waals surface area contributed by atoms with Gasteiger partial charge in [-0.1, -0.05) is 28.1 Å². The zero-order valence-corrected chi connectivity index (χ0v) is 15.8. The molecule has 2 atom stereocenters. The third kappa shape index (κ3) is 4.02. The van der Waals surface area contributed by atoms with Gasteiger partial charge >= 0.3 is 0 Å². The van der Waals surface area contributed by atoms with E-state index >= 15 is 0 Å². The predicted octanol–water partition coefficient (Wildman–Crippen LogP) is 2.85. The molecule has 1 amide bonds. The summed E-state index contributed by atoms with van der Waals surface area (Å²) < 4.78 is 29.3. The van der Waals surface area contributed by atoms with Crippen LogP contribution in [0.5, 0.6) is 5.75 Å². The quantitative estimate of drug-likeness (QED) is 0.770. The van der Waals surface area contributed by atoms with Crippen LogP contribution in [0, 0.1) is 5.92 Å². The maximum Gasteiger partial charge on any atom is 0.241 e. The molecule has 3 rings (SSSR count). The third-order valence-corrected chi connectivity index (χ3v) is 5.57. The summed E-state index contributed by atoms with van der Waals surface area (Å²) in [5.74, 6) is 0.0391. The number of primary sulfonamides is 1. The molecule has 0 spiro atoms. The first-order chi connectivity index (χ1) is 11.8. The standard InChI is InChI=1S/C17H17BrN2O4S/c1-24-15-6-5-12(8-16(15)25(19,22)23)20-17(21)14-9-13(14)10-3-2-4-11(18)7-10/h2-8,13-14H,9H2,1H3,(H,20,21)(H2,19,22,23)/t13-,14-/m1/s1. The highest BCUT2D eigenvalue weighted by atomic mass is 79.9. The normalized spacial score (nSPS) is 19.3. The summed E-state index contributed by atoms with van der Waals surface area (Å²) >= 11 is 3.43. The zero-order valence-electron chi connectivity index (χ0n) is 13.4. The number of nitrogens with one attached hydrogen (secondary N) is 1. The number of sulfonamides is 1. The van der Waals surface area contributed by atoms with Gasteiger partial charge in [0.15, 0.2) is 0 Å². The molecule has 25 heavy (non-hydrogen) atoms. The molecule has 6 nitrogen and oxygen atoms in total. The average molecular weight is 425 g/mol. The van der Waals surface area contributed by atoms with Crippen LogP contribution < -0.4 is 15.2 Å². The Bertz CT molecular complexity index is 930. The van der Waals surface area contributed by atoms with Gasteiger partial charge in [0.2, 0.25) is 15.9 Å². The number of carbonyl (C=O) groups excluding carboxylic acids is 1. The average Bonchev–Trinajstić information content (AvgIpc) is 3.35. The topological polar surface area (TPSA) is 98.5 Å². The first-order valence-corrected chi connectivity index (χ1v) is 9.90. The van der Waals surface area contributed by atoms with E-state index < -0.39 is 10.0 Å². The molecular weight excluding hydrogens is 408 g/mol. The van der Waals surface area contributed by atoms with Crippen molar-refractivity contribution < 1.29 is 17.9 Å². The molecule has 0 aliphatic heterocycles. The molecule has 8 heteroatoms. The Morgan fingerprint density at radius 2 is 2.04 bits per heavy atom. The van der Waals surface area contributed by atoms with Crippen LogP contribution in [0.3, 0.4) is 0 Å². The molecule has 0 heterocycles. The molecule has 1 aliphatic rings. The van der Waals surface area contributed by atoms with E-state index in [9.17, 15) is 13.2 Å². The SMILES string of the molecule is COc1ccc(NC(=O)[C@@H]2C[C@@H]2c2cccc(Br)c2)cc1S(N)(=O)=O. The van der Waals surface area contributed by atoms with Gasteiger partial charge < -0.3 is 10.1 Å². The molecule has 1 fully saturated rings. The van der Waals surface area contributed by atoms with Gasteiger partial charge in [0.05, 0.1) is 7.11 Å². The first kappa shape index (κ1) is 17.9. The van der Waals surface area contributed by atoms with Gasteiger partial charge in [-0.2, -0.15) is 0 Å². The third-order valence-electron chi connectivity index (χ3n) is 4.14. The largest absolute Gasteiger partial charge is 0.495 e. The molecule has 1 aliphatic carbocycles. The van der Waals surface area contributed by atoms with E-state index in [1.165, 1.54) is 19.2 Å². The fourth-order valence-electron chi connectivity index (χ4n) is 2.80. The van der Waals surface area contributed by atoms with E-state index in [1.807, 2.05) is 24.3 Å². The Morgan fingerprint density at radius 1 is 1.28 bits per heavy atom. The van der Waals surface area contributed by atoms with Crippen molar-refractivity contribution in [3.63, 3.8) is 0 Å². The van der Waals surface area contributed by atoms with Crippen molar-refractivity contribution in [1.29, 1.82) is 0 Å². The molecule has 2 aromatic rings. The summed E-state index contributed by atoms with van der Waals surface area (Å²) in [7, 11) is -2.59. The van der Waals surface area contributed by atoms with Crippen molar-refractivity contribution in [2.75, 3.05) is 12.4 Å². The molecule has 0 saturated heterocycles. The number of anilines is 1. The van der Waals surface area contributed by atoms with Crippen molar-refractivity contribution in [2.24, 2.45) is 11.1 Å². The number of methoxy groups -OCH3 is 1. The van der Waals surface area contributed by atoms with Gasteiger partial charge in [0.1, 0.15) is 10.6 Å². The number of nitrogens with two attached hydrogens (primary N) is 1. The second-order valence-corrected chi connectivity index (χ2v) is 8.35. The van der Waals surface area contributed by atoms with E-state index in [2.05, 4.69) is 21.2 Å². The van der Waals surface area contributed by atoms with Gasteiger partial charge in [-0.05, 0) is 48.2 Å². The van der Waals surface area contributed by atoms with Crippen LogP contribution in [0.25, 0.3) is 0 Å². The highest BCUT2D eigenvalue weighted by molar-refractivity contribution is 9.10. The Morgan fingerprint density at radius 3 is 2.68 bits per heavy atom. The van der Waals surface area contributed by atoms with Gasteiger partial charge in [-0.3, -0.25) is 4.79 Å². The zero-order chi connectivity index (χ0) is 18.2. The Kier molecular flexibility index (Phi) is 4.86. The highest BCUT2D eigenvalue weighted by Crippen LogP contribution is 2.48. The van der Waals surface area contributed by atoms with Gasteiger partial charge in [0, 0.05) is 16.1 Å². The molecule has 2 aromatic carbocycles. The number of hydrogen-bond acceptors (Lipinski definition) is 4. The van der Waals surface area contributed by atoms with Crippen molar-refractivity contribution in [3.8, 4) is 5.75 Å². The molecule has 3 N–H and O–H groups in total. The van der Waals surface area contributed by atoms with Gasteiger partial charge in [0.25, 0.3) is 0 Å². The lowest BCUT2D eigenvalue weighted by Crippen LogP contribution is -2.17. The lowest BCUT2D eigenvalue weighted by molar-refractivity contribution is -0.117. The van der Waals surface area contributed by atoms with E-state index in [4.69, 9.17) is 9.88 Å². The van der Waals surface area contributed by atoms with Gasteiger partial charge in [-0.25, -0.2) is 13.6 Å². The molecule has 0 bridgehead atoms. The lowest BCUT2D eigenvalue weighted by atomic mass is 10.1. The van der Waals surface area contributed by atoms with Crippen molar-refractivity contribution in [1.82, 2.24) is 0 Å². The first-order valence-electron chi connectivity index (χ1n) is 7.57. The number of carbonyl (C=O) groups is 1. The Labute approximate surface area is 154 Å². The second kappa shape index (κ2) is 6.78. The smallest absolute Gasteiger partial charge is 0.241 e. The molecule has 0 radical (unpaired) electrons. The Hall–Kier alpha value is -1.90. The summed E-state index contributed by atoms with van der Waals surface area (Å²) in [6.07, 6.45) is 0.764. The molecule has 0 aromatic heterocycles. The minimum atomic E-state index is -3.95. The maximum atomic E-state index is 12.4. The summed E-state index contributed by atoms with van der Waals surface area (Å²) in [4.78, 5) is 12.3. The van der Waals surface area contributed by atoms with Crippen molar-refractivity contribution in [3.05, 3.63) is 52.5 Å². The van der Waals surface area contributed by atoms with E-state index in [1.54, 1.807) is 6.07 Å². The number of ether oxygens (including phenoxy) is 1. The van der Waals surface area contributed by atoms with Crippen molar-refractivity contribution >= 4 is 37.5 Å². The summed E-state index contributed by atoms with van der Waals surface area (Å²) in [5.41, 5.74) is 1.48. The van der Waals surface area contributed by atoms with Crippen LogP contribution in [-0.2, 0) is 14.8 Å². The molecule has 132 valence electrons. The van der Waals surface area contributed by atoms with Crippen LogP contribution >= 0.6 is 15.9 Å². The van der Waals surface area contributed by atoms with E-state index in [-0.39, 0.29) is 28.4 Å². The summed E-state index contributed by atoms with van der Waals surface area (Å²) in [6, 6.07) is 12.2. The van der Waals surface area contributed by atoms with Crippen molar-refractivity contribution in [2.45, 2.75) is 17.2 Å². The van der Waals surface area contributed by atoms with Crippen LogP contribution in [-0.4, -0.2) is 21.4 Å². The van der Waals surface area contributed by atoms with Gasteiger partial charge in [-0.15, -0.1) is 0 Å².